The summed E-state index contributed by atoms with van der Waals surface area (Å²) in [7, 11) is 1.64. The number of nitrogens with two attached hydrogens (primary N) is 1. The lowest BCUT2D eigenvalue weighted by molar-refractivity contribution is 0.414. The topological polar surface area (TPSA) is 85.8 Å². The van der Waals surface area contributed by atoms with E-state index in [0.717, 1.165) is 11.3 Å². The number of aryl methyl sites for hydroxylation is 1. The zero-order valence-electron chi connectivity index (χ0n) is 12.9. The van der Waals surface area contributed by atoms with Crippen molar-refractivity contribution < 1.29 is 4.74 Å². The van der Waals surface area contributed by atoms with Gasteiger partial charge in [-0.3, -0.25) is 9.98 Å². The summed E-state index contributed by atoms with van der Waals surface area (Å²) in [5, 5.41) is 0. The fraction of sp³-hybridized carbons (Fsp3) is 0.250. The van der Waals surface area contributed by atoms with E-state index < -0.39 is 0 Å². The number of nitrogen functional groups attached to an aromatic ring is 1. The summed E-state index contributed by atoms with van der Waals surface area (Å²) in [6, 6.07) is 7.70. The van der Waals surface area contributed by atoms with Crippen LogP contribution >= 0.6 is 0 Å². The average molecular weight is 297 g/mol. The molecule has 2 aromatic rings. The highest BCUT2D eigenvalue weighted by molar-refractivity contribution is 5.69. The molecule has 0 amide bonds. The molecule has 6 heteroatoms. The van der Waals surface area contributed by atoms with Crippen LogP contribution in [0.3, 0.4) is 0 Å². The third kappa shape index (κ3) is 3.66. The average Bonchev–Trinajstić information content (AvgIpc) is 2.67. The zero-order chi connectivity index (χ0) is 15.9. The van der Waals surface area contributed by atoms with Crippen molar-refractivity contribution in [1.82, 2.24) is 9.97 Å². The van der Waals surface area contributed by atoms with Gasteiger partial charge in [0.05, 0.1) is 19.3 Å². The number of ether oxygens (including phenoxy) is 1. The molecule has 0 unspecified atom stereocenters. The Hall–Kier alpha value is -2.76. The van der Waals surface area contributed by atoms with Crippen molar-refractivity contribution in [3.8, 4) is 5.75 Å². The summed E-state index contributed by atoms with van der Waals surface area (Å²) < 4.78 is 5.13. The molecule has 0 spiro atoms. The van der Waals surface area contributed by atoms with Crippen LogP contribution in [-0.4, -0.2) is 23.3 Å². The standard InChI is InChI=1S/C16H19N5O/c1-4-18-15-11(2)20-10-21-16(14(15)17)19-9-12-5-7-13(22-3)8-6-12/h4-8,10H,9H2,1-3H3,(H2,17,19,20,21). The minimum atomic E-state index is 0.432. The van der Waals surface area contributed by atoms with E-state index in [0.29, 0.717) is 29.1 Å². The third-order valence-electron chi connectivity index (χ3n) is 3.10. The summed E-state index contributed by atoms with van der Waals surface area (Å²) in [6.07, 6.45) is 3.13. The largest absolute Gasteiger partial charge is 0.497 e. The number of aliphatic imine (C=N–C) groups is 1. The van der Waals surface area contributed by atoms with E-state index in [1.54, 1.807) is 13.3 Å². The van der Waals surface area contributed by atoms with Crippen molar-refractivity contribution in [3.05, 3.63) is 47.3 Å². The van der Waals surface area contributed by atoms with Crippen molar-refractivity contribution in [3.63, 3.8) is 0 Å². The van der Waals surface area contributed by atoms with Crippen molar-refractivity contribution in [2.24, 2.45) is 9.98 Å². The van der Waals surface area contributed by atoms with Crippen molar-refractivity contribution >= 4 is 17.6 Å². The Morgan fingerprint density at radius 1 is 1.23 bits per heavy atom. The van der Waals surface area contributed by atoms with Gasteiger partial charge in [0.15, 0.2) is 5.49 Å². The molecule has 1 aromatic heterocycles. The number of benzene rings is 1. The maximum Gasteiger partial charge on any atom is 0.174 e. The van der Waals surface area contributed by atoms with Gasteiger partial charge in [0.1, 0.15) is 23.5 Å². The van der Waals surface area contributed by atoms with Crippen molar-refractivity contribution in [2.75, 3.05) is 12.8 Å². The number of hydrogen-bond donors (Lipinski definition) is 1. The van der Waals surface area contributed by atoms with Gasteiger partial charge in [-0.2, -0.15) is 0 Å². The molecule has 0 aliphatic rings. The van der Waals surface area contributed by atoms with Crippen LogP contribution in [0.25, 0.3) is 0 Å². The Kier molecular flexibility index (Phi) is 5.19. The number of aromatic nitrogens is 2. The lowest BCUT2D eigenvalue weighted by atomic mass is 10.2. The summed E-state index contributed by atoms with van der Waals surface area (Å²) in [4.78, 5) is 17.1. The second-order valence-corrected chi connectivity index (χ2v) is 4.60. The van der Waals surface area contributed by atoms with Crippen LogP contribution in [0.5, 0.6) is 5.75 Å². The maximum atomic E-state index is 6.13. The highest BCUT2D eigenvalue weighted by Crippen LogP contribution is 2.19. The second kappa shape index (κ2) is 7.31. The predicted octanol–water partition coefficient (Wildman–Crippen LogP) is 2.20. The van der Waals surface area contributed by atoms with E-state index in [4.69, 9.17) is 10.5 Å². The molecule has 2 rings (SSSR count). The van der Waals surface area contributed by atoms with Crippen LogP contribution in [0.2, 0.25) is 0 Å². The Morgan fingerprint density at radius 2 is 1.95 bits per heavy atom. The van der Waals surface area contributed by atoms with E-state index in [1.807, 2.05) is 38.1 Å². The van der Waals surface area contributed by atoms with Crippen LogP contribution in [0, 0.1) is 6.92 Å². The molecule has 0 saturated carbocycles. The molecule has 6 nitrogen and oxygen atoms in total. The first kappa shape index (κ1) is 15.6. The molecular formula is C16H19N5O. The van der Waals surface area contributed by atoms with Gasteiger partial charge in [-0.15, -0.1) is 0 Å². The highest BCUT2D eigenvalue weighted by atomic mass is 16.5. The van der Waals surface area contributed by atoms with Crippen LogP contribution in [0.1, 0.15) is 18.2 Å². The zero-order valence-corrected chi connectivity index (χ0v) is 12.9. The van der Waals surface area contributed by atoms with Gasteiger partial charge in [0, 0.05) is 6.21 Å². The first-order valence-electron chi connectivity index (χ1n) is 6.89. The molecule has 114 valence electrons. The van der Waals surface area contributed by atoms with E-state index in [2.05, 4.69) is 20.0 Å². The summed E-state index contributed by atoms with van der Waals surface area (Å²) in [5.74, 6) is 0.812. The Labute approximate surface area is 129 Å². The van der Waals surface area contributed by atoms with Gasteiger partial charge in [-0.1, -0.05) is 12.1 Å². The number of anilines is 1. The minimum Gasteiger partial charge on any atom is -0.497 e. The number of methoxy groups -OCH3 is 1. The number of nitrogens with zero attached hydrogens (tertiary/aromatic N) is 4. The van der Waals surface area contributed by atoms with Crippen molar-refractivity contribution in [2.45, 2.75) is 20.4 Å². The number of rotatable bonds is 4. The molecule has 1 aromatic carbocycles. The molecule has 22 heavy (non-hydrogen) atoms. The molecule has 0 bridgehead atoms. The van der Waals surface area contributed by atoms with E-state index in [1.165, 1.54) is 6.33 Å². The predicted molar refractivity (Wildman–Crippen MR) is 87.3 cm³/mol. The minimum absolute atomic E-state index is 0.432. The molecule has 1 heterocycles. The third-order valence-corrected chi connectivity index (χ3v) is 3.10. The second-order valence-electron chi connectivity index (χ2n) is 4.60. The van der Waals surface area contributed by atoms with Gasteiger partial charge >= 0.3 is 0 Å². The summed E-state index contributed by atoms with van der Waals surface area (Å²) in [6.45, 7) is 4.14. The molecule has 0 radical (unpaired) electrons. The molecule has 0 fully saturated rings. The maximum absolute atomic E-state index is 6.13. The molecule has 0 atom stereocenters. The molecular weight excluding hydrogens is 278 g/mol. The summed E-state index contributed by atoms with van der Waals surface area (Å²) >= 11 is 0. The monoisotopic (exact) mass is 297 g/mol. The van der Waals surface area contributed by atoms with Gasteiger partial charge in [-0.25, -0.2) is 9.97 Å². The van der Waals surface area contributed by atoms with Crippen LogP contribution in [0.4, 0.5) is 11.4 Å². The van der Waals surface area contributed by atoms with Crippen LogP contribution in [-0.2, 0) is 6.54 Å². The fourth-order valence-electron chi connectivity index (χ4n) is 1.92. The first-order valence-corrected chi connectivity index (χ1v) is 6.89. The van der Waals surface area contributed by atoms with Crippen LogP contribution in [0.15, 0.2) is 40.6 Å². The quantitative estimate of drug-likeness (QED) is 0.877. The van der Waals surface area contributed by atoms with Crippen LogP contribution < -0.4 is 16.0 Å². The van der Waals surface area contributed by atoms with E-state index in [-0.39, 0.29) is 0 Å². The van der Waals surface area contributed by atoms with Gasteiger partial charge in [0.2, 0.25) is 0 Å². The Morgan fingerprint density at radius 3 is 2.59 bits per heavy atom. The van der Waals surface area contributed by atoms with E-state index in [9.17, 15) is 0 Å². The molecule has 0 aliphatic carbocycles. The van der Waals surface area contributed by atoms with Gasteiger partial charge in [-0.05, 0) is 31.5 Å². The summed E-state index contributed by atoms with van der Waals surface area (Å²) in [5.41, 5.74) is 9.37. The van der Waals surface area contributed by atoms with Gasteiger partial charge < -0.3 is 10.5 Å². The SMILES string of the molecule is CC=Nc1c(C)ncnc(=NCc2ccc(OC)cc2)c1N. The Balaban J connectivity index is 2.39. The number of hydrogen-bond acceptors (Lipinski definition) is 6. The lowest BCUT2D eigenvalue weighted by Crippen LogP contribution is -2.11. The molecule has 2 N–H and O–H groups in total. The lowest BCUT2D eigenvalue weighted by Gasteiger charge is -2.01. The smallest absolute Gasteiger partial charge is 0.174 e. The Bertz CT molecular complexity index is 738. The van der Waals surface area contributed by atoms with Crippen molar-refractivity contribution in [1.29, 1.82) is 0 Å². The molecule has 0 saturated heterocycles. The van der Waals surface area contributed by atoms with Gasteiger partial charge in [0.25, 0.3) is 0 Å². The molecule has 0 aliphatic heterocycles. The van der Waals surface area contributed by atoms with E-state index >= 15 is 0 Å². The normalized spacial score (nSPS) is 11.9. The highest BCUT2D eigenvalue weighted by Gasteiger charge is 2.04. The fourth-order valence-corrected chi connectivity index (χ4v) is 1.92. The first-order chi connectivity index (χ1) is 10.7.